The lowest BCUT2D eigenvalue weighted by atomic mass is 10.2. The zero-order valence-electron chi connectivity index (χ0n) is 13.5. The fourth-order valence-corrected chi connectivity index (χ4v) is 2.55. The van der Waals surface area contributed by atoms with Crippen LogP contribution in [0.1, 0.15) is 18.2 Å². The second kappa shape index (κ2) is 6.56. The highest BCUT2D eigenvalue weighted by atomic mass is 16.5. The number of fused-ring (bicyclic) bond motifs is 1. The number of aromatic nitrogens is 3. The van der Waals surface area contributed by atoms with Crippen LogP contribution in [0.15, 0.2) is 36.5 Å². The molecule has 0 aliphatic carbocycles. The lowest BCUT2D eigenvalue weighted by molar-refractivity contribution is 0.352. The Morgan fingerprint density at radius 1 is 1.17 bits per heavy atom. The Morgan fingerprint density at radius 2 is 2.04 bits per heavy atom. The third-order valence-corrected chi connectivity index (χ3v) is 3.72. The monoisotopic (exact) mass is 312 g/mol. The molecule has 0 aliphatic rings. The second-order valence-electron chi connectivity index (χ2n) is 5.09. The SMILES string of the molecule is CCc1cc(NCc2cccc(OC)c2OC)n2nccc2n1. The number of para-hydroxylation sites is 1. The van der Waals surface area contributed by atoms with Crippen LogP contribution >= 0.6 is 0 Å². The summed E-state index contributed by atoms with van der Waals surface area (Å²) in [5.41, 5.74) is 2.88. The molecule has 3 rings (SSSR count). The van der Waals surface area contributed by atoms with Crippen LogP contribution in [0.2, 0.25) is 0 Å². The van der Waals surface area contributed by atoms with Gasteiger partial charge in [-0.25, -0.2) is 4.98 Å². The first-order valence-corrected chi connectivity index (χ1v) is 7.54. The van der Waals surface area contributed by atoms with Gasteiger partial charge in [-0.1, -0.05) is 19.1 Å². The van der Waals surface area contributed by atoms with E-state index < -0.39 is 0 Å². The third kappa shape index (κ3) is 2.92. The van der Waals surface area contributed by atoms with E-state index in [1.807, 2.05) is 30.3 Å². The normalized spacial score (nSPS) is 10.7. The van der Waals surface area contributed by atoms with Gasteiger partial charge in [0.25, 0.3) is 0 Å². The first kappa shape index (κ1) is 15.1. The van der Waals surface area contributed by atoms with Gasteiger partial charge in [-0.2, -0.15) is 9.61 Å². The average Bonchev–Trinajstić information content (AvgIpc) is 3.07. The highest BCUT2D eigenvalue weighted by Gasteiger charge is 2.11. The van der Waals surface area contributed by atoms with Gasteiger partial charge in [0.2, 0.25) is 0 Å². The summed E-state index contributed by atoms with van der Waals surface area (Å²) in [5.74, 6) is 2.37. The van der Waals surface area contributed by atoms with Gasteiger partial charge < -0.3 is 14.8 Å². The number of anilines is 1. The van der Waals surface area contributed by atoms with Crippen molar-refractivity contribution in [1.29, 1.82) is 0 Å². The van der Waals surface area contributed by atoms with E-state index in [0.29, 0.717) is 6.54 Å². The number of nitrogens with zero attached hydrogens (tertiary/aromatic N) is 3. The molecule has 6 nitrogen and oxygen atoms in total. The Hall–Kier alpha value is -2.76. The predicted molar refractivity (Wildman–Crippen MR) is 89.2 cm³/mol. The van der Waals surface area contributed by atoms with E-state index in [9.17, 15) is 0 Å². The van der Waals surface area contributed by atoms with E-state index in [1.54, 1.807) is 24.9 Å². The van der Waals surface area contributed by atoms with Gasteiger partial charge in [0, 0.05) is 29.9 Å². The second-order valence-corrected chi connectivity index (χ2v) is 5.09. The van der Waals surface area contributed by atoms with Crippen LogP contribution in [0.3, 0.4) is 0 Å². The Bertz CT molecular complexity index is 813. The molecule has 0 spiro atoms. The van der Waals surface area contributed by atoms with Crippen molar-refractivity contribution < 1.29 is 9.47 Å². The smallest absolute Gasteiger partial charge is 0.165 e. The summed E-state index contributed by atoms with van der Waals surface area (Å²) in [6.07, 6.45) is 2.62. The van der Waals surface area contributed by atoms with Gasteiger partial charge in [0.1, 0.15) is 5.82 Å². The zero-order chi connectivity index (χ0) is 16.2. The molecule has 2 aromatic heterocycles. The van der Waals surface area contributed by atoms with E-state index >= 15 is 0 Å². The highest BCUT2D eigenvalue weighted by molar-refractivity contribution is 5.52. The molecule has 0 bridgehead atoms. The molecule has 0 aliphatic heterocycles. The highest BCUT2D eigenvalue weighted by Crippen LogP contribution is 2.31. The summed E-state index contributed by atoms with van der Waals surface area (Å²) in [7, 11) is 3.29. The van der Waals surface area contributed by atoms with Gasteiger partial charge in [-0.05, 0) is 12.5 Å². The molecule has 1 aromatic carbocycles. The minimum atomic E-state index is 0.600. The van der Waals surface area contributed by atoms with Gasteiger partial charge in [0.05, 0.1) is 20.4 Å². The maximum absolute atomic E-state index is 5.47. The minimum absolute atomic E-state index is 0.600. The predicted octanol–water partition coefficient (Wildman–Crippen LogP) is 2.92. The van der Waals surface area contributed by atoms with Crippen molar-refractivity contribution >= 4 is 11.5 Å². The van der Waals surface area contributed by atoms with E-state index in [0.717, 1.165) is 40.6 Å². The summed E-state index contributed by atoms with van der Waals surface area (Å²) in [5, 5.41) is 7.73. The van der Waals surface area contributed by atoms with Crippen molar-refractivity contribution in [1.82, 2.24) is 14.6 Å². The Balaban J connectivity index is 1.91. The molecule has 0 saturated heterocycles. The topological polar surface area (TPSA) is 60.7 Å². The Kier molecular flexibility index (Phi) is 4.32. The fraction of sp³-hybridized carbons (Fsp3) is 0.294. The van der Waals surface area contributed by atoms with E-state index in [-0.39, 0.29) is 0 Å². The quantitative estimate of drug-likeness (QED) is 0.758. The van der Waals surface area contributed by atoms with E-state index in [2.05, 4.69) is 22.3 Å². The molecule has 0 unspecified atom stereocenters. The van der Waals surface area contributed by atoms with Crippen LogP contribution in [-0.2, 0) is 13.0 Å². The molecule has 0 radical (unpaired) electrons. The van der Waals surface area contributed by atoms with Gasteiger partial charge >= 0.3 is 0 Å². The average molecular weight is 312 g/mol. The van der Waals surface area contributed by atoms with Crippen molar-refractivity contribution in [2.75, 3.05) is 19.5 Å². The summed E-state index contributed by atoms with van der Waals surface area (Å²) >= 11 is 0. The maximum Gasteiger partial charge on any atom is 0.165 e. The first-order valence-electron chi connectivity index (χ1n) is 7.54. The molecule has 0 atom stereocenters. The maximum atomic E-state index is 5.47. The molecule has 1 N–H and O–H groups in total. The summed E-state index contributed by atoms with van der Waals surface area (Å²) in [6, 6.07) is 9.77. The number of hydrogen-bond donors (Lipinski definition) is 1. The number of benzene rings is 1. The molecule has 23 heavy (non-hydrogen) atoms. The molecule has 0 amide bonds. The van der Waals surface area contributed by atoms with Gasteiger partial charge in [-0.15, -0.1) is 0 Å². The molecule has 0 saturated carbocycles. The van der Waals surface area contributed by atoms with Crippen molar-refractivity contribution in [3.05, 3.63) is 47.8 Å². The van der Waals surface area contributed by atoms with Crippen LogP contribution < -0.4 is 14.8 Å². The summed E-state index contributed by atoms with van der Waals surface area (Å²) < 4.78 is 12.6. The molecular weight excluding hydrogens is 292 g/mol. The van der Waals surface area contributed by atoms with Gasteiger partial charge in [-0.3, -0.25) is 0 Å². The third-order valence-electron chi connectivity index (χ3n) is 3.72. The number of ether oxygens (including phenoxy) is 2. The van der Waals surface area contributed by atoms with Crippen LogP contribution in [0.5, 0.6) is 11.5 Å². The van der Waals surface area contributed by atoms with Crippen LogP contribution in [-0.4, -0.2) is 28.8 Å². The number of nitrogens with one attached hydrogen (secondary N) is 1. The number of aryl methyl sites for hydroxylation is 1. The Morgan fingerprint density at radius 3 is 2.78 bits per heavy atom. The zero-order valence-corrected chi connectivity index (χ0v) is 13.5. The first-order chi connectivity index (χ1) is 11.3. The van der Waals surface area contributed by atoms with Gasteiger partial charge in [0.15, 0.2) is 17.1 Å². The van der Waals surface area contributed by atoms with Crippen molar-refractivity contribution in [2.24, 2.45) is 0 Å². The molecule has 120 valence electrons. The minimum Gasteiger partial charge on any atom is -0.493 e. The number of rotatable bonds is 6. The molecular formula is C17H20N4O2. The largest absolute Gasteiger partial charge is 0.493 e. The molecule has 6 heteroatoms. The summed E-state index contributed by atoms with van der Waals surface area (Å²) in [6.45, 7) is 2.69. The standard InChI is InChI=1S/C17H20N4O2/c1-4-13-10-16(21-15(20-13)8-9-19-21)18-11-12-6-5-7-14(22-2)17(12)23-3/h5-10,18H,4,11H2,1-3H3. The van der Waals surface area contributed by atoms with Crippen molar-refractivity contribution in [2.45, 2.75) is 19.9 Å². The lowest BCUT2D eigenvalue weighted by Gasteiger charge is -2.14. The van der Waals surface area contributed by atoms with Crippen LogP contribution in [0.4, 0.5) is 5.82 Å². The Labute approximate surface area is 135 Å². The van der Waals surface area contributed by atoms with E-state index in [4.69, 9.17) is 9.47 Å². The lowest BCUT2D eigenvalue weighted by Crippen LogP contribution is -2.08. The fourth-order valence-electron chi connectivity index (χ4n) is 2.55. The molecule has 0 fully saturated rings. The molecule has 2 heterocycles. The number of hydrogen-bond acceptors (Lipinski definition) is 5. The van der Waals surface area contributed by atoms with E-state index in [1.165, 1.54) is 0 Å². The van der Waals surface area contributed by atoms with Crippen LogP contribution in [0.25, 0.3) is 5.65 Å². The van der Waals surface area contributed by atoms with Crippen LogP contribution in [0, 0.1) is 0 Å². The van der Waals surface area contributed by atoms with Crippen molar-refractivity contribution in [3.8, 4) is 11.5 Å². The van der Waals surface area contributed by atoms with Crippen molar-refractivity contribution in [3.63, 3.8) is 0 Å². The summed E-state index contributed by atoms with van der Waals surface area (Å²) in [4.78, 5) is 4.55. The molecule has 3 aromatic rings. The number of methoxy groups -OCH3 is 2.